The quantitative estimate of drug-likeness (QED) is 0.609. The third kappa shape index (κ3) is 4.60. The van der Waals surface area contributed by atoms with Crippen molar-refractivity contribution in [1.82, 2.24) is 14.9 Å². The van der Waals surface area contributed by atoms with E-state index in [9.17, 15) is 5.11 Å². The Morgan fingerprint density at radius 2 is 1.76 bits per heavy atom. The second-order valence-corrected chi connectivity index (χ2v) is 7.42. The molecule has 0 amide bonds. The Hall–Kier alpha value is -2.83. The van der Waals surface area contributed by atoms with Gasteiger partial charge in [0.2, 0.25) is 5.95 Å². The zero-order valence-electron chi connectivity index (χ0n) is 16.3. The second-order valence-electron chi connectivity index (χ2n) is 7.01. The number of aromatic hydroxyl groups is 1. The molecule has 150 valence electrons. The van der Waals surface area contributed by atoms with Crippen LogP contribution < -0.4 is 10.2 Å². The number of likely N-dealkylation sites (N-methyl/N-ethyl adjacent to an activating group) is 1. The second kappa shape index (κ2) is 8.68. The van der Waals surface area contributed by atoms with Crippen molar-refractivity contribution in [2.75, 3.05) is 42.9 Å². The predicted molar refractivity (Wildman–Crippen MR) is 118 cm³/mol. The molecule has 2 heterocycles. The molecule has 0 saturated carbocycles. The Labute approximate surface area is 175 Å². The molecule has 1 aromatic heterocycles. The monoisotopic (exact) mass is 409 g/mol. The minimum atomic E-state index is 0.0469. The van der Waals surface area contributed by atoms with Crippen LogP contribution in [0.2, 0.25) is 5.02 Å². The van der Waals surface area contributed by atoms with Crippen LogP contribution in [-0.4, -0.2) is 52.7 Å². The van der Waals surface area contributed by atoms with Gasteiger partial charge in [-0.3, -0.25) is 0 Å². The lowest BCUT2D eigenvalue weighted by molar-refractivity contribution is 0.270. The SMILES string of the molecule is CCN1CCN(c2cc(-c3ccccc3)nc(Nc3ccc(O)c(Cl)c3)n2)CC1. The largest absolute Gasteiger partial charge is 0.506 e. The Bertz CT molecular complexity index is 974. The highest BCUT2D eigenvalue weighted by atomic mass is 35.5. The summed E-state index contributed by atoms with van der Waals surface area (Å²) in [6, 6.07) is 17.1. The molecule has 1 aliphatic rings. The highest BCUT2D eigenvalue weighted by Gasteiger charge is 2.19. The van der Waals surface area contributed by atoms with Gasteiger partial charge in [0, 0.05) is 43.5 Å². The first-order valence-corrected chi connectivity index (χ1v) is 10.2. The number of phenolic OH excluding ortho intramolecular Hbond substituents is 1. The molecule has 1 aliphatic heterocycles. The fraction of sp³-hybridized carbons (Fsp3) is 0.273. The van der Waals surface area contributed by atoms with Crippen LogP contribution in [0.5, 0.6) is 5.75 Å². The van der Waals surface area contributed by atoms with Crippen molar-refractivity contribution in [2.45, 2.75) is 6.92 Å². The van der Waals surface area contributed by atoms with Crippen molar-refractivity contribution < 1.29 is 5.11 Å². The number of nitrogens with zero attached hydrogens (tertiary/aromatic N) is 4. The maximum atomic E-state index is 9.66. The molecule has 2 aromatic carbocycles. The molecule has 1 saturated heterocycles. The van der Waals surface area contributed by atoms with Crippen molar-refractivity contribution in [3.05, 3.63) is 59.6 Å². The summed E-state index contributed by atoms with van der Waals surface area (Å²) in [5, 5.41) is 13.2. The molecule has 1 fully saturated rings. The summed E-state index contributed by atoms with van der Waals surface area (Å²) in [4.78, 5) is 14.2. The number of nitrogens with one attached hydrogen (secondary N) is 1. The summed E-state index contributed by atoms with van der Waals surface area (Å²) >= 11 is 6.04. The topological polar surface area (TPSA) is 64.5 Å². The fourth-order valence-electron chi connectivity index (χ4n) is 3.42. The molecule has 0 atom stereocenters. The van der Waals surface area contributed by atoms with Crippen LogP contribution >= 0.6 is 11.6 Å². The van der Waals surface area contributed by atoms with Crippen molar-refractivity contribution in [3.8, 4) is 17.0 Å². The molecule has 2 N–H and O–H groups in total. The number of piperazine rings is 1. The molecule has 6 nitrogen and oxygen atoms in total. The van der Waals surface area contributed by atoms with E-state index < -0.39 is 0 Å². The first kappa shape index (κ1) is 19.5. The number of halogens is 1. The number of rotatable bonds is 5. The van der Waals surface area contributed by atoms with Gasteiger partial charge in [0.1, 0.15) is 11.6 Å². The van der Waals surface area contributed by atoms with E-state index in [1.54, 1.807) is 18.2 Å². The van der Waals surface area contributed by atoms with E-state index in [0.29, 0.717) is 5.95 Å². The van der Waals surface area contributed by atoms with Crippen LogP contribution in [0, 0.1) is 0 Å². The Morgan fingerprint density at radius 3 is 2.45 bits per heavy atom. The van der Waals surface area contributed by atoms with Gasteiger partial charge in [-0.25, -0.2) is 4.98 Å². The van der Waals surface area contributed by atoms with E-state index in [1.807, 2.05) is 36.4 Å². The molecule has 4 rings (SSSR count). The Kier molecular flexibility index (Phi) is 5.83. The van der Waals surface area contributed by atoms with E-state index in [-0.39, 0.29) is 10.8 Å². The van der Waals surface area contributed by atoms with Crippen LogP contribution in [0.15, 0.2) is 54.6 Å². The summed E-state index contributed by atoms with van der Waals surface area (Å²) in [6.45, 7) is 7.18. The van der Waals surface area contributed by atoms with E-state index in [4.69, 9.17) is 21.6 Å². The normalized spacial score (nSPS) is 14.8. The average Bonchev–Trinajstić information content (AvgIpc) is 2.77. The molecule has 0 spiro atoms. The maximum Gasteiger partial charge on any atom is 0.229 e. The predicted octanol–water partition coefficient (Wildman–Crippen LogP) is 4.39. The lowest BCUT2D eigenvalue weighted by atomic mass is 10.1. The number of anilines is 3. The van der Waals surface area contributed by atoms with E-state index in [2.05, 4.69) is 22.0 Å². The van der Waals surface area contributed by atoms with Gasteiger partial charge in [-0.05, 0) is 24.7 Å². The molecule has 0 radical (unpaired) electrons. The Balaban J connectivity index is 1.67. The zero-order valence-corrected chi connectivity index (χ0v) is 17.1. The molecule has 0 bridgehead atoms. The van der Waals surface area contributed by atoms with Gasteiger partial charge in [0.25, 0.3) is 0 Å². The maximum absolute atomic E-state index is 9.66. The van der Waals surface area contributed by atoms with E-state index >= 15 is 0 Å². The molecule has 0 unspecified atom stereocenters. The van der Waals surface area contributed by atoms with Crippen LogP contribution in [0.4, 0.5) is 17.5 Å². The average molecular weight is 410 g/mol. The van der Waals surface area contributed by atoms with Gasteiger partial charge < -0.3 is 20.2 Å². The number of hydrogen-bond acceptors (Lipinski definition) is 6. The lowest BCUT2D eigenvalue weighted by Crippen LogP contribution is -2.46. The van der Waals surface area contributed by atoms with Gasteiger partial charge >= 0.3 is 0 Å². The molecule has 0 aliphatic carbocycles. The lowest BCUT2D eigenvalue weighted by Gasteiger charge is -2.35. The van der Waals surface area contributed by atoms with Gasteiger partial charge in [0.05, 0.1) is 10.7 Å². The van der Waals surface area contributed by atoms with Gasteiger partial charge in [-0.2, -0.15) is 4.98 Å². The molecular weight excluding hydrogens is 386 g/mol. The number of hydrogen-bond donors (Lipinski definition) is 2. The molecule has 3 aromatic rings. The van der Waals surface area contributed by atoms with E-state index in [1.165, 1.54) is 0 Å². The number of benzene rings is 2. The van der Waals surface area contributed by atoms with Crippen LogP contribution in [0.25, 0.3) is 11.3 Å². The van der Waals surface area contributed by atoms with Gasteiger partial charge in [-0.15, -0.1) is 0 Å². The summed E-state index contributed by atoms with van der Waals surface area (Å²) in [5.74, 6) is 1.45. The van der Waals surface area contributed by atoms with Crippen molar-refractivity contribution in [2.24, 2.45) is 0 Å². The highest BCUT2D eigenvalue weighted by molar-refractivity contribution is 6.32. The minimum Gasteiger partial charge on any atom is -0.506 e. The first-order valence-electron chi connectivity index (χ1n) is 9.79. The summed E-state index contributed by atoms with van der Waals surface area (Å²) < 4.78 is 0. The van der Waals surface area contributed by atoms with Gasteiger partial charge in [0.15, 0.2) is 0 Å². The molecule has 29 heavy (non-hydrogen) atoms. The third-order valence-electron chi connectivity index (χ3n) is 5.13. The third-order valence-corrected chi connectivity index (χ3v) is 5.43. The molecular formula is C22H24ClN5O. The summed E-state index contributed by atoms with van der Waals surface area (Å²) in [7, 11) is 0. The van der Waals surface area contributed by atoms with Gasteiger partial charge in [-0.1, -0.05) is 48.9 Å². The fourth-order valence-corrected chi connectivity index (χ4v) is 3.60. The Morgan fingerprint density at radius 1 is 1.00 bits per heavy atom. The number of phenols is 1. The smallest absolute Gasteiger partial charge is 0.229 e. The van der Waals surface area contributed by atoms with Crippen molar-refractivity contribution in [3.63, 3.8) is 0 Å². The van der Waals surface area contributed by atoms with Crippen molar-refractivity contribution in [1.29, 1.82) is 0 Å². The highest BCUT2D eigenvalue weighted by Crippen LogP contribution is 2.29. The zero-order chi connectivity index (χ0) is 20.2. The summed E-state index contributed by atoms with van der Waals surface area (Å²) in [5.41, 5.74) is 2.62. The minimum absolute atomic E-state index is 0.0469. The first-order chi connectivity index (χ1) is 14.1. The summed E-state index contributed by atoms with van der Waals surface area (Å²) in [6.07, 6.45) is 0. The number of aromatic nitrogens is 2. The molecule has 7 heteroatoms. The van der Waals surface area contributed by atoms with Crippen LogP contribution in [-0.2, 0) is 0 Å². The van der Waals surface area contributed by atoms with Crippen LogP contribution in [0.3, 0.4) is 0 Å². The van der Waals surface area contributed by atoms with Crippen LogP contribution in [0.1, 0.15) is 6.92 Å². The van der Waals surface area contributed by atoms with Crippen molar-refractivity contribution >= 4 is 29.1 Å². The standard InChI is InChI=1S/C22H24ClN5O/c1-2-27-10-12-28(13-11-27)21-15-19(16-6-4-3-5-7-16)25-22(26-21)24-17-8-9-20(29)18(23)14-17/h3-9,14-15,29H,2,10-13H2,1H3,(H,24,25,26). The van der Waals surface area contributed by atoms with E-state index in [0.717, 1.165) is 55.5 Å².